The number of hydrogen-bond donors (Lipinski definition) is 0. The van der Waals surface area contributed by atoms with E-state index in [1.165, 1.54) is 0 Å². The van der Waals surface area contributed by atoms with Crippen molar-refractivity contribution >= 4 is 0 Å². The highest BCUT2D eigenvalue weighted by Gasteiger charge is 2.32. The number of alkyl halides is 3. The second-order valence-corrected chi connectivity index (χ2v) is 3.10. The Morgan fingerprint density at radius 3 is 2.08 bits per heavy atom. The molecular weight excluding hydrogens is 181 g/mol. The topological polar surface area (TPSA) is 25.8 Å². The zero-order valence-electron chi connectivity index (χ0n) is 6.67. The molecule has 2 nitrogen and oxygen atoms in total. The van der Waals surface area contributed by atoms with Gasteiger partial charge in [0.1, 0.15) is 5.82 Å². The molecule has 0 bridgehead atoms. The highest BCUT2D eigenvalue weighted by Crippen LogP contribution is 2.38. The lowest BCUT2D eigenvalue weighted by atomic mass is 10.3. The van der Waals surface area contributed by atoms with Crippen molar-refractivity contribution in [3.8, 4) is 0 Å². The molecule has 0 aromatic carbocycles. The Balaban J connectivity index is 2.22. The van der Waals surface area contributed by atoms with E-state index in [0.717, 1.165) is 25.2 Å². The van der Waals surface area contributed by atoms with Crippen LogP contribution in [0.15, 0.2) is 12.4 Å². The van der Waals surface area contributed by atoms with Gasteiger partial charge in [0.15, 0.2) is 0 Å². The fourth-order valence-electron chi connectivity index (χ4n) is 1.04. The average Bonchev–Trinajstić information content (AvgIpc) is 2.85. The summed E-state index contributed by atoms with van der Waals surface area (Å²) in [4.78, 5) is 7.35. The molecule has 70 valence electrons. The first-order valence-electron chi connectivity index (χ1n) is 3.96. The summed E-state index contributed by atoms with van der Waals surface area (Å²) >= 11 is 0. The van der Waals surface area contributed by atoms with Crippen molar-refractivity contribution in [2.24, 2.45) is 0 Å². The van der Waals surface area contributed by atoms with E-state index in [-0.39, 0.29) is 0 Å². The number of halogens is 3. The number of nitrogens with zero attached hydrogens (tertiary/aromatic N) is 2. The SMILES string of the molecule is FC(F)(F)c1cnc(C2CC2)nc1. The second-order valence-electron chi connectivity index (χ2n) is 3.10. The maximum atomic E-state index is 12.1. The molecule has 0 spiro atoms. The van der Waals surface area contributed by atoms with E-state index in [4.69, 9.17) is 0 Å². The minimum Gasteiger partial charge on any atom is -0.240 e. The molecule has 13 heavy (non-hydrogen) atoms. The number of rotatable bonds is 1. The van der Waals surface area contributed by atoms with Crippen LogP contribution in [0.4, 0.5) is 13.2 Å². The van der Waals surface area contributed by atoms with Gasteiger partial charge in [-0.2, -0.15) is 13.2 Å². The predicted octanol–water partition coefficient (Wildman–Crippen LogP) is 2.37. The molecule has 0 aliphatic heterocycles. The van der Waals surface area contributed by atoms with Crippen LogP contribution in [0.25, 0.3) is 0 Å². The Kier molecular flexibility index (Phi) is 1.75. The molecule has 1 aliphatic rings. The van der Waals surface area contributed by atoms with Crippen LogP contribution in [0.3, 0.4) is 0 Å². The molecular formula is C8H7F3N2. The molecule has 0 atom stereocenters. The van der Waals surface area contributed by atoms with Crippen molar-refractivity contribution < 1.29 is 13.2 Å². The fraction of sp³-hybridized carbons (Fsp3) is 0.500. The quantitative estimate of drug-likeness (QED) is 0.676. The molecule has 0 saturated heterocycles. The van der Waals surface area contributed by atoms with E-state index in [0.29, 0.717) is 11.7 Å². The highest BCUT2D eigenvalue weighted by atomic mass is 19.4. The Bertz CT molecular complexity index is 300. The van der Waals surface area contributed by atoms with Gasteiger partial charge in [-0.1, -0.05) is 0 Å². The van der Waals surface area contributed by atoms with Gasteiger partial charge in [-0.3, -0.25) is 0 Å². The van der Waals surface area contributed by atoms with E-state index < -0.39 is 11.7 Å². The lowest BCUT2D eigenvalue weighted by Crippen LogP contribution is -2.07. The Morgan fingerprint density at radius 1 is 1.15 bits per heavy atom. The van der Waals surface area contributed by atoms with E-state index >= 15 is 0 Å². The zero-order chi connectivity index (χ0) is 9.47. The summed E-state index contributed by atoms with van der Waals surface area (Å²) in [6.45, 7) is 0. The molecule has 0 unspecified atom stereocenters. The Hall–Kier alpha value is -1.13. The minimum absolute atomic E-state index is 0.294. The summed E-state index contributed by atoms with van der Waals surface area (Å²) in [5.74, 6) is 0.829. The van der Waals surface area contributed by atoms with Gasteiger partial charge in [0.2, 0.25) is 0 Å². The molecule has 0 N–H and O–H groups in total. The van der Waals surface area contributed by atoms with Crippen LogP contribution in [0.1, 0.15) is 30.1 Å². The van der Waals surface area contributed by atoms with Crippen molar-refractivity contribution in [3.63, 3.8) is 0 Å². The molecule has 1 aromatic heterocycles. The van der Waals surface area contributed by atoms with Crippen LogP contribution in [0, 0.1) is 0 Å². The summed E-state index contributed by atoms with van der Waals surface area (Å²) in [6.07, 6.45) is -0.653. The molecule has 1 aliphatic carbocycles. The van der Waals surface area contributed by atoms with E-state index in [9.17, 15) is 13.2 Å². The van der Waals surface area contributed by atoms with Gasteiger partial charge in [0.25, 0.3) is 0 Å². The molecule has 1 saturated carbocycles. The first-order valence-corrected chi connectivity index (χ1v) is 3.96. The Labute approximate surface area is 72.8 Å². The van der Waals surface area contributed by atoms with Crippen LogP contribution in [-0.2, 0) is 6.18 Å². The number of aromatic nitrogens is 2. The van der Waals surface area contributed by atoms with Crippen molar-refractivity contribution in [3.05, 3.63) is 23.8 Å². The van der Waals surface area contributed by atoms with Crippen molar-refractivity contribution in [2.45, 2.75) is 24.9 Å². The third kappa shape index (κ3) is 1.79. The minimum atomic E-state index is -4.33. The molecule has 0 radical (unpaired) electrons. The first-order chi connectivity index (χ1) is 6.07. The lowest BCUT2D eigenvalue weighted by Gasteiger charge is -2.05. The highest BCUT2D eigenvalue weighted by molar-refractivity contribution is 5.13. The maximum Gasteiger partial charge on any atom is 0.419 e. The monoisotopic (exact) mass is 188 g/mol. The molecule has 1 heterocycles. The summed E-state index contributed by atoms with van der Waals surface area (Å²) in [7, 11) is 0. The van der Waals surface area contributed by atoms with Crippen LogP contribution in [0.5, 0.6) is 0 Å². The standard InChI is InChI=1S/C8H7F3N2/c9-8(10,11)6-3-12-7(13-4-6)5-1-2-5/h3-5H,1-2H2. The van der Waals surface area contributed by atoms with E-state index in [1.54, 1.807) is 0 Å². The summed E-state index contributed by atoms with van der Waals surface area (Å²) in [5, 5.41) is 0. The fourth-order valence-corrected chi connectivity index (χ4v) is 1.04. The molecule has 2 rings (SSSR count). The van der Waals surface area contributed by atoms with E-state index in [1.807, 2.05) is 0 Å². The molecule has 1 aromatic rings. The Morgan fingerprint density at radius 2 is 1.69 bits per heavy atom. The average molecular weight is 188 g/mol. The van der Waals surface area contributed by atoms with Crippen LogP contribution in [0.2, 0.25) is 0 Å². The van der Waals surface area contributed by atoms with Gasteiger partial charge in [0.05, 0.1) is 5.56 Å². The summed E-state index contributed by atoms with van der Waals surface area (Å²) in [6, 6.07) is 0. The summed E-state index contributed by atoms with van der Waals surface area (Å²) in [5.41, 5.74) is -0.781. The van der Waals surface area contributed by atoms with Crippen molar-refractivity contribution in [2.75, 3.05) is 0 Å². The predicted molar refractivity (Wildman–Crippen MR) is 39.0 cm³/mol. The first kappa shape index (κ1) is 8.47. The van der Waals surface area contributed by atoms with Crippen LogP contribution < -0.4 is 0 Å². The van der Waals surface area contributed by atoms with Gasteiger partial charge in [-0.05, 0) is 12.8 Å². The summed E-state index contributed by atoms with van der Waals surface area (Å²) < 4.78 is 36.2. The van der Waals surface area contributed by atoms with Gasteiger partial charge in [-0.15, -0.1) is 0 Å². The van der Waals surface area contributed by atoms with Gasteiger partial charge in [0, 0.05) is 18.3 Å². The van der Waals surface area contributed by atoms with Gasteiger partial charge < -0.3 is 0 Å². The normalized spacial score (nSPS) is 17.5. The molecule has 5 heteroatoms. The molecule has 0 amide bonds. The zero-order valence-corrected chi connectivity index (χ0v) is 6.67. The number of hydrogen-bond acceptors (Lipinski definition) is 2. The maximum absolute atomic E-state index is 12.1. The molecule has 1 fully saturated rings. The van der Waals surface area contributed by atoms with Crippen molar-refractivity contribution in [1.29, 1.82) is 0 Å². The second kappa shape index (κ2) is 2.68. The van der Waals surface area contributed by atoms with E-state index in [2.05, 4.69) is 9.97 Å². The van der Waals surface area contributed by atoms with Crippen LogP contribution >= 0.6 is 0 Å². The third-order valence-corrected chi connectivity index (χ3v) is 1.94. The van der Waals surface area contributed by atoms with Crippen LogP contribution in [-0.4, -0.2) is 9.97 Å². The third-order valence-electron chi connectivity index (χ3n) is 1.94. The largest absolute Gasteiger partial charge is 0.419 e. The van der Waals surface area contributed by atoms with Crippen molar-refractivity contribution in [1.82, 2.24) is 9.97 Å². The smallest absolute Gasteiger partial charge is 0.240 e. The van der Waals surface area contributed by atoms with Gasteiger partial charge in [-0.25, -0.2) is 9.97 Å². The lowest BCUT2D eigenvalue weighted by molar-refractivity contribution is -0.138. The van der Waals surface area contributed by atoms with Gasteiger partial charge >= 0.3 is 6.18 Å².